The molecule has 0 aliphatic carbocycles. The summed E-state index contributed by atoms with van der Waals surface area (Å²) in [5, 5.41) is 0. The van der Waals surface area contributed by atoms with Crippen molar-refractivity contribution in [3.05, 3.63) is 170 Å². The minimum absolute atomic E-state index is 0.119. The number of unbranched alkanes of at least 4 members (excludes halogenated alkanes) is 20. The van der Waals surface area contributed by atoms with E-state index < -0.39 is 6.10 Å². The lowest BCUT2D eigenvalue weighted by molar-refractivity contribution is -0.166. The van der Waals surface area contributed by atoms with Gasteiger partial charge in [-0.3, -0.25) is 14.4 Å². The van der Waals surface area contributed by atoms with Crippen molar-refractivity contribution >= 4 is 17.9 Å². The van der Waals surface area contributed by atoms with E-state index in [0.717, 1.165) is 141 Å². The van der Waals surface area contributed by atoms with Crippen LogP contribution in [0.3, 0.4) is 0 Å². The number of esters is 3. The molecular formula is C77H122O6. The molecule has 0 fully saturated rings. The van der Waals surface area contributed by atoms with Crippen LogP contribution < -0.4 is 0 Å². The van der Waals surface area contributed by atoms with E-state index in [4.69, 9.17) is 14.2 Å². The lowest BCUT2D eigenvalue weighted by Crippen LogP contribution is -2.30. The third-order valence-electron chi connectivity index (χ3n) is 13.7. The van der Waals surface area contributed by atoms with Gasteiger partial charge in [-0.2, -0.15) is 0 Å². The predicted octanol–water partition coefficient (Wildman–Crippen LogP) is 23.4. The summed E-state index contributed by atoms with van der Waals surface area (Å²) in [4.78, 5) is 38.3. The van der Waals surface area contributed by atoms with Crippen LogP contribution in [0.25, 0.3) is 0 Å². The maximum atomic E-state index is 12.9. The van der Waals surface area contributed by atoms with Gasteiger partial charge in [-0.1, -0.05) is 287 Å². The zero-order valence-electron chi connectivity index (χ0n) is 53.4. The van der Waals surface area contributed by atoms with Crippen molar-refractivity contribution in [1.29, 1.82) is 0 Å². The molecule has 466 valence electrons. The van der Waals surface area contributed by atoms with E-state index in [2.05, 4.69) is 185 Å². The lowest BCUT2D eigenvalue weighted by atomic mass is 10.0. The number of carbonyl (C=O) groups is 3. The average Bonchev–Trinajstić information content (AvgIpc) is 3.49. The maximum Gasteiger partial charge on any atom is 0.306 e. The molecule has 6 heteroatoms. The zero-order valence-corrected chi connectivity index (χ0v) is 53.4. The summed E-state index contributed by atoms with van der Waals surface area (Å²) in [7, 11) is 0. The van der Waals surface area contributed by atoms with Crippen molar-refractivity contribution in [2.24, 2.45) is 0 Å². The molecule has 0 bridgehead atoms. The monoisotopic (exact) mass is 1140 g/mol. The van der Waals surface area contributed by atoms with E-state index in [0.29, 0.717) is 19.3 Å². The smallest absolute Gasteiger partial charge is 0.306 e. The van der Waals surface area contributed by atoms with Crippen LogP contribution in [0.4, 0.5) is 0 Å². The molecule has 1 unspecified atom stereocenters. The van der Waals surface area contributed by atoms with Crippen molar-refractivity contribution in [3.8, 4) is 0 Å². The van der Waals surface area contributed by atoms with Gasteiger partial charge in [0.15, 0.2) is 6.10 Å². The third-order valence-corrected chi connectivity index (χ3v) is 13.7. The first-order chi connectivity index (χ1) is 41.0. The molecule has 0 spiro atoms. The molecule has 0 heterocycles. The first kappa shape index (κ1) is 77.8. The quantitative estimate of drug-likeness (QED) is 0.0261. The number of allylic oxidation sites excluding steroid dienone is 28. The van der Waals surface area contributed by atoms with Gasteiger partial charge in [-0.25, -0.2) is 0 Å². The second-order valence-electron chi connectivity index (χ2n) is 21.6. The fraction of sp³-hybridized carbons (Fsp3) is 0.597. The Morgan fingerprint density at radius 2 is 0.494 bits per heavy atom. The van der Waals surface area contributed by atoms with Crippen LogP contribution in [0.2, 0.25) is 0 Å². The minimum Gasteiger partial charge on any atom is -0.462 e. The van der Waals surface area contributed by atoms with E-state index in [1.807, 2.05) is 6.08 Å². The molecule has 0 aliphatic heterocycles. The molecule has 6 nitrogen and oxygen atoms in total. The van der Waals surface area contributed by atoms with Gasteiger partial charge in [0.05, 0.1) is 0 Å². The van der Waals surface area contributed by atoms with Crippen LogP contribution in [0.1, 0.15) is 278 Å². The number of rotatable bonds is 59. The molecule has 0 N–H and O–H groups in total. The van der Waals surface area contributed by atoms with Gasteiger partial charge in [-0.05, 0) is 141 Å². The standard InChI is InChI=1S/C77H122O6/c1-4-7-10-13-16-19-22-25-27-29-31-33-35-37-38-40-41-43-45-47-49-52-55-58-61-64-67-70-76(79)82-73-74(72-81-75(78)69-66-63-60-57-54-51-24-21-18-15-12-9-6-3)83-77(80)71-68-65-62-59-56-53-50-48-46-44-42-39-36-34-32-30-28-26-23-20-17-14-11-8-5-2/h7,9-10,12,16,18-19,21,23,25-27,30-33,36-39,41,43,47,49,51,54,60,63,74H,4-6,8,11,13-15,17,20,22,24,28-29,34-35,40,42,44-46,48,50,52-53,55-59,61-62,64-73H2,1-3H3/b10-7-,12-9-,19-16-,21-18-,26-23-,27-25-,32-30-,33-31-,38-37-,39-36-,43-41-,49-47-,54-51-,63-60-. The van der Waals surface area contributed by atoms with Gasteiger partial charge in [-0.15, -0.1) is 0 Å². The molecule has 1 atom stereocenters. The fourth-order valence-electron chi connectivity index (χ4n) is 8.74. The molecule has 0 aliphatic rings. The van der Waals surface area contributed by atoms with Crippen LogP contribution in [0.5, 0.6) is 0 Å². The molecule has 0 aromatic heterocycles. The van der Waals surface area contributed by atoms with E-state index in [1.165, 1.54) is 89.9 Å². The molecular weight excluding hydrogens is 1020 g/mol. The van der Waals surface area contributed by atoms with Gasteiger partial charge in [0.25, 0.3) is 0 Å². The van der Waals surface area contributed by atoms with Crippen molar-refractivity contribution in [2.45, 2.75) is 284 Å². The molecule has 0 radical (unpaired) electrons. The largest absolute Gasteiger partial charge is 0.462 e. The highest BCUT2D eigenvalue weighted by atomic mass is 16.6. The minimum atomic E-state index is -0.828. The number of hydrogen-bond acceptors (Lipinski definition) is 6. The Morgan fingerprint density at radius 1 is 0.253 bits per heavy atom. The highest BCUT2D eigenvalue weighted by molar-refractivity contribution is 5.71. The predicted molar refractivity (Wildman–Crippen MR) is 361 cm³/mol. The molecule has 83 heavy (non-hydrogen) atoms. The maximum absolute atomic E-state index is 12.9. The Kier molecular flexibility index (Phi) is 64.9. The molecule has 0 amide bonds. The summed E-state index contributed by atoms with van der Waals surface area (Å²) in [6, 6.07) is 0. The highest BCUT2D eigenvalue weighted by Gasteiger charge is 2.19. The second-order valence-corrected chi connectivity index (χ2v) is 21.6. The van der Waals surface area contributed by atoms with Crippen molar-refractivity contribution in [1.82, 2.24) is 0 Å². The summed E-state index contributed by atoms with van der Waals surface area (Å²) in [6.45, 7) is 6.31. The number of ether oxygens (including phenoxy) is 3. The first-order valence-corrected chi connectivity index (χ1v) is 33.6. The Morgan fingerprint density at radius 3 is 0.807 bits per heavy atom. The number of hydrogen-bond donors (Lipinski definition) is 0. The average molecular weight is 1140 g/mol. The Balaban J connectivity index is 4.44. The van der Waals surface area contributed by atoms with Crippen LogP contribution in [-0.4, -0.2) is 37.2 Å². The molecule has 0 saturated carbocycles. The second kappa shape index (κ2) is 69.3. The van der Waals surface area contributed by atoms with Crippen molar-refractivity contribution in [3.63, 3.8) is 0 Å². The van der Waals surface area contributed by atoms with Crippen molar-refractivity contribution in [2.75, 3.05) is 13.2 Å². The van der Waals surface area contributed by atoms with Gasteiger partial charge >= 0.3 is 17.9 Å². The molecule has 0 aromatic carbocycles. The summed E-state index contributed by atoms with van der Waals surface area (Å²) >= 11 is 0. The first-order valence-electron chi connectivity index (χ1n) is 33.6. The van der Waals surface area contributed by atoms with Gasteiger partial charge in [0.2, 0.25) is 0 Å². The summed E-state index contributed by atoms with van der Waals surface area (Å²) < 4.78 is 16.8. The van der Waals surface area contributed by atoms with Crippen LogP contribution in [0.15, 0.2) is 170 Å². The van der Waals surface area contributed by atoms with Crippen LogP contribution in [0, 0.1) is 0 Å². The summed E-state index contributed by atoms with van der Waals surface area (Å²) in [5.74, 6) is -1.03. The molecule has 0 aromatic rings. The third kappa shape index (κ3) is 67.4. The highest BCUT2D eigenvalue weighted by Crippen LogP contribution is 2.15. The SMILES string of the molecule is CC/C=C\C/C=C\C/C=C\C/C=C\C/C=C\C/C=C\C/C=C\CCCCCCCC(=O)OCC(COC(=O)CC/C=C\C/C=C\C/C=C\C/C=C\CC)OC(=O)CCCCCCCCCCCC/C=C\C/C=C\C/C=C\CCCCCCC. The lowest BCUT2D eigenvalue weighted by Gasteiger charge is -2.18. The number of carbonyl (C=O) groups excluding carboxylic acids is 3. The summed E-state index contributed by atoms with van der Waals surface area (Å²) in [6.07, 6.45) is 102. The zero-order chi connectivity index (χ0) is 59.9. The topological polar surface area (TPSA) is 78.9 Å². The van der Waals surface area contributed by atoms with Crippen LogP contribution >= 0.6 is 0 Å². The summed E-state index contributed by atoms with van der Waals surface area (Å²) in [5.41, 5.74) is 0. The molecule has 0 saturated heterocycles. The van der Waals surface area contributed by atoms with Crippen molar-refractivity contribution < 1.29 is 28.6 Å². The van der Waals surface area contributed by atoms with E-state index in [1.54, 1.807) is 0 Å². The van der Waals surface area contributed by atoms with E-state index in [-0.39, 0.29) is 37.5 Å². The normalized spacial score (nSPS) is 13.2. The van der Waals surface area contributed by atoms with Gasteiger partial charge < -0.3 is 14.2 Å². The Labute approximate surface area is 511 Å². The van der Waals surface area contributed by atoms with Crippen LogP contribution in [-0.2, 0) is 28.6 Å². The van der Waals surface area contributed by atoms with Gasteiger partial charge in [0.1, 0.15) is 13.2 Å². The fourth-order valence-corrected chi connectivity index (χ4v) is 8.74. The Hall–Kier alpha value is -5.23. The Bertz CT molecular complexity index is 1890. The molecule has 0 rings (SSSR count). The van der Waals surface area contributed by atoms with Gasteiger partial charge in [0, 0.05) is 19.3 Å². The van der Waals surface area contributed by atoms with E-state index in [9.17, 15) is 14.4 Å². The van der Waals surface area contributed by atoms with E-state index >= 15 is 0 Å².